The van der Waals surface area contributed by atoms with E-state index in [-0.39, 0.29) is 0 Å². The molecule has 0 heterocycles. The molecule has 0 aromatic heterocycles. The topological polar surface area (TPSA) is 18.5 Å². The fourth-order valence-corrected chi connectivity index (χ4v) is 4.03. The van der Waals surface area contributed by atoms with E-state index >= 15 is 0 Å². The van der Waals surface area contributed by atoms with Crippen molar-refractivity contribution in [2.75, 3.05) is 25.7 Å². The van der Waals surface area contributed by atoms with Crippen LogP contribution >= 0.6 is 23.5 Å². The first-order valence-electron chi connectivity index (χ1n) is 5.71. The van der Waals surface area contributed by atoms with Gasteiger partial charge in [0.25, 0.3) is 0 Å². The Bertz CT molecular complexity index is 336. The van der Waals surface area contributed by atoms with Crippen LogP contribution in [-0.2, 0) is 0 Å². The van der Waals surface area contributed by atoms with Crippen LogP contribution in [-0.4, -0.2) is 25.7 Å². The molecule has 2 nitrogen and oxygen atoms in total. The van der Waals surface area contributed by atoms with Crippen LogP contribution in [0.5, 0.6) is 11.5 Å². The number of hydrogen-bond donors (Lipinski definition) is 0. The van der Waals surface area contributed by atoms with Crippen molar-refractivity contribution in [2.24, 2.45) is 0 Å². The summed E-state index contributed by atoms with van der Waals surface area (Å²) in [6.45, 7) is 4.38. The lowest BCUT2D eigenvalue weighted by molar-refractivity contribution is 0.354. The molecular weight excluding hydrogens is 252 g/mol. The standard InChI is InChI=1S/C13H20O2S2/c1-5-16-13(17-6-2)10-7-8-11(14-3)12(9-10)15-4/h7-9,13H,5-6H2,1-4H3. The van der Waals surface area contributed by atoms with Crippen molar-refractivity contribution in [3.8, 4) is 11.5 Å². The van der Waals surface area contributed by atoms with Crippen LogP contribution in [0.4, 0.5) is 0 Å². The van der Waals surface area contributed by atoms with Gasteiger partial charge in [-0.15, -0.1) is 23.5 Å². The van der Waals surface area contributed by atoms with Gasteiger partial charge in [0, 0.05) is 0 Å². The molecule has 1 rings (SSSR count). The molecule has 0 saturated heterocycles. The quantitative estimate of drug-likeness (QED) is 0.692. The summed E-state index contributed by atoms with van der Waals surface area (Å²) in [5, 5.41) is 0. The summed E-state index contributed by atoms with van der Waals surface area (Å²) in [6.07, 6.45) is 0. The molecule has 0 atom stereocenters. The Labute approximate surface area is 112 Å². The fraction of sp³-hybridized carbons (Fsp3) is 0.538. The Morgan fingerprint density at radius 2 is 1.59 bits per heavy atom. The van der Waals surface area contributed by atoms with Crippen LogP contribution in [0, 0.1) is 0 Å². The van der Waals surface area contributed by atoms with E-state index in [1.165, 1.54) is 5.56 Å². The van der Waals surface area contributed by atoms with Crippen LogP contribution in [0.25, 0.3) is 0 Å². The van der Waals surface area contributed by atoms with E-state index in [9.17, 15) is 0 Å². The number of ether oxygens (including phenoxy) is 2. The SMILES string of the molecule is CCSC(SCC)c1ccc(OC)c(OC)c1. The molecule has 0 aliphatic heterocycles. The number of methoxy groups -OCH3 is 2. The average Bonchev–Trinajstić information content (AvgIpc) is 2.37. The van der Waals surface area contributed by atoms with Gasteiger partial charge in [0.1, 0.15) is 0 Å². The number of thioether (sulfide) groups is 2. The largest absolute Gasteiger partial charge is 0.493 e. The monoisotopic (exact) mass is 272 g/mol. The average molecular weight is 272 g/mol. The number of hydrogen-bond acceptors (Lipinski definition) is 4. The van der Waals surface area contributed by atoms with Gasteiger partial charge in [-0.1, -0.05) is 19.9 Å². The fourth-order valence-electron chi connectivity index (χ4n) is 1.54. The lowest BCUT2D eigenvalue weighted by Gasteiger charge is -2.17. The van der Waals surface area contributed by atoms with E-state index < -0.39 is 0 Å². The summed E-state index contributed by atoms with van der Waals surface area (Å²) >= 11 is 3.91. The Hall–Kier alpha value is -0.480. The zero-order chi connectivity index (χ0) is 12.7. The minimum absolute atomic E-state index is 0.477. The van der Waals surface area contributed by atoms with Gasteiger partial charge >= 0.3 is 0 Å². The minimum atomic E-state index is 0.477. The molecule has 4 heteroatoms. The maximum absolute atomic E-state index is 5.34. The smallest absolute Gasteiger partial charge is 0.161 e. The molecule has 1 aromatic carbocycles. The lowest BCUT2D eigenvalue weighted by atomic mass is 10.2. The predicted molar refractivity (Wildman–Crippen MR) is 78.6 cm³/mol. The van der Waals surface area contributed by atoms with Crippen molar-refractivity contribution in [3.63, 3.8) is 0 Å². The van der Waals surface area contributed by atoms with Gasteiger partial charge in [-0.25, -0.2) is 0 Å². The van der Waals surface area contributed by atoms with Crippen LogP contribution in [0.15, 0.2) is 18.2 Å². The Kier molecular flexibility index (Phi) is 6.66. The summed E-state index contributed by atoms with van der Waals surface area (Å²) in [7, 11) is 3.34. The highest BCUT2D eigenvalue weighted by atomic mass is 32.2. The van der Waals surface area contributed by atoms with Crippen molar-refractivity contribution in [3.05, 3.63) is 23.8 Å². The molecule has 0 unspecified atom stereocenters. The maximum Gasteiger partial charge on any atom is 0.161 e. The van der Waals surface area contributed by atoms with E-state index in [0.29, 0.717) is 4.58 Å². The van der Waals surface area contributed by atoms with E-state index in [1.807, 2.05) is 29.6 Å². The van der Waals surface area contributed by atoms with Gasteiger partial charge in [-0.3, -0.25) is 0 Å². The summed E-state index contributed by atoms with van der Waals surface area (Å²) in [5.41, 5.74) is 1.29. The number of rotatable bonds is 7. The number of benzene rings is 1. The third kappa shape index (κ3) is 4.03. The third-order valence-electron chi connectivity index (χ3n) is 2.32. The maximum atomic E-state index is 5.34. The Balaban J connectivity index is 2.94. The predicted octanol–water partition coefficient (Wildman–Crippen LogP) is 4.21. The highest BCUT2D eigenvalue weighted by Crippen LogP contribution is 2.41. The van der Waals surface area contributed by atoms with Crippen molar-refractivity contribution < 1.29 is 9.47 Å². The second-order valence-corrected chi connectivity index (χ2v) is 6.42. The van der Waals surface area contributed by atoms with Crippen molar-refractivity contribution in [1.82, 2.24) is 0 Å². The molecule has 0 fully saturated rings. The molecule has 0 aliphatic carbocycles. The Morgan fingerprint density at radius 3 is 2.06 bits per heavy atom. The van der Waals surface area contributed by atoms with Crippen LogP contribution in [0.3, 0.4) is 0 Å². The molecule has 0 bridgehead atoms. The van der Waals surface area contributed by atoms with Crippen LogP contribution in [0.2, 0.25) is 0 Å². The summed E-state index contributed by atoms with van der Waals surface area (Å²) in [5.74, 6) is 3.83. The van der Waals surface area contributed by atoms with Crippen molar-refractivity contribution >= 4 is 23.5 Å². The molecule has 0 spiro atoms. The Morgan fingerprint density at radius 1 is 1.00 bits per heavy atom. The summed E-state index contributed by atoms with van der Waals surface area (Å²) in [4.78, 5) is 0. The van der Waals surface area contributed by atoms with Crippen LogP contribution in [0.1, 0.15) is 24.0 Å². The highest BCUT2D eigenvalue weighted by molar-refractivity contribution is 8.16. The lowest BCUT2D eigenvalue weighted by Crippen LogP contribution is -1.95. The first-order chi connectivity index (χ1) is 8.26. The molecule has 1 aromatic rings. The van der Waals surface area contributed by atoms with Gasteiger partial charge in [0.15, 0.2) is 11.5 Å². The second-order valence-electron chi connectivity index (χ2n) is 3.36. The highest BCUT2D eigenvalue weighted by Gasteiger charge is 2.13. The molecule has 0 saturated carbocycles. The van der Waals surface area contributed by atoms with Crippen LogP contribution < -0.4 is 9.47 Å². The van der Waals surface area contributed by atoms with Gasteiger partial charge in [0.05, 0.1) is 18.8 Å². The molecule has 0 N–H and O–H groups in total. The van der Waals surface area contributed by atoms with Gasteiger partial charge in [-0.05, 0) is 29.2 Å². The molecule has 0 amide bonds. The van der Waals surface area contributed by atoms with E-state index in [0.717, 1.165) is 23.0 Å². The zero-order valence-electron chi connectivity index (χ0n) is 10.9. The first-order valence-corrected chi connectivity index (χ1v) is 7.81. The zero-order valence-corrected chi connectivity index (χ0v) is 12.5. The second kappa shape index (κ2) is 7.77. The first kappa shape index (κ1) is 14.6. The molecule has 96 valence electrons. The molecule has 0 radical (unpaired) electrons. The van der Waals surface area contributed by atoms with Crippen molar-refractivity contribution in [1.29, 1.82) is 0 Å². The van der Waals surface area contributed by atoms with Gasteiger partial charge in [-0.2, -0.15) is 0 Å². The normalized spacial score (nSPS) is 10.6. The van der Waals surface area contributed by atoms with Gasteiger partial charge < -0.3 is 9.47 Å². The van der Waals surface area contributed by atoms with E-state index in [2.05, 4.69) is 26.0 Å². The van der Waals surface area contributed by atoms with Gasteiger partial charge in [0.2, 0.25) is 0 Å². The minimum Gasteiger partial charge on any atom is -0.493 e. The summed E-state index contributed by atoms with van der Waals surface area (Å²) < 4.78 is 11.1. The molecular formula is C13H20O2S2. The summed E-state index contributed by atoms with van der Waals surface area (Å²) in [6, 6.07) is 6.18. The van der Waals surface area contributed by atoms with Crippen molar-refractivity contribution in [2.45, 2.75) is 18.4 Å². The van der Waals surface area contributed by atoms with E-state index in [4.69, 9.17) is 9.47 Å². The van der Waals surface area contributed by atoms with E-state index in [1.54, 1.807) is 14.2 Å². The third-order valence-corrected chi connectivity index (χ3v) is 4.95. The molecule has 17 heavy (non-hydrogen) atoms. The molecule has 0 aliphatic rings.